The lowest BCUT2D eigenvalue weighted by Gasteiger charge is -2.29. The van der Waals surface area contributed by atoms with E-state index in [1.165, 1.54) is 25.3 Å². The number of benzene rings is 2. The summed E-state index contributed by atoms with van der Waals surface area (Å²) < 4.78 is 28.9. The molecule has 1 heterocycles. The first-order valence-corrected chi connectivity index (χ1v) is 9.47. The van der Waals surface area contributed by atoms with Gasteiger partial charge in [0.2, 0.25) is 0 Å². The quantitative estimate of drug-likeness (QED) is 0.658. The number of carbonyl (C=O) groups excluding carboxylic acids is 3. The van der Waals surface area contributed by atoms with E-state index in [4.69, 9.17) is 14.2 Å². The van der Waals surface area contributed by atoms with Crippen LogP contribution >= 0.6 is 0 Å². The average Bonchev–Trinajstić information content (AvgIpc) is 2.77. The fourth-order valence-electron chi connectivity index (χ4n) is 3.06. The second-order valence-corrected chi connectivity index (χ2v) is 6.50. The number of hydrogen-bond acceptors (Lipinski definition) is 6. The molecule has 8 nitrogen and oxygen atoms in total. The molecule has 0 bridgehead atoms. The molecule has 2 aromatic rings. The number of carbonyl (C=O) groups is 3. The Kier molecular flexibility index (Phi) is 6.86. The summed E-state index contributed by atoms with van der Waals surface area (Å²) >= 11 is 0. The number of nitrogens with one attached hydrogen (secondary N) is 2. The van der Waals surface area contributed by atoms with Gasteiger partial charge in [-0.15, -0.1) is 0 Å². The Morgan fingerprint density at radius 3 is 2.45 bits per heavy atom. The fourth-order valence-corrected chi connectivity index (χ4v) is 3.06. The predicted octanol–water partition coefficient (Wildman–Crippen LogP) is 2.86. The summed E-state index contributed by atoms with van der Waals surface area (Å²) in [5.74, 6) is -1.46. The first-order valence-electron chi connectivity index (χ1n) is 9.47. The maximum Gasteiger partial charge on any atom is 0.338 e. The summed E-state index contributed by atoms with van der Waals surface area (Å²) in [4.78, 5) is 37.2. The van der Waals surface area contributed by atoms with Crippen LogP contribution in [0.25, 0.3) is 0 Å². The van der Waals surface area contributed by atoms with E-state index >= 15 is 0 Å². The Hall–Kier alpha value is -3.88. The van der Waals surface area contributed by atoms with E-state index in [0.717, 1.165) is 6.07 Å². The van der Waals surface area contributed by atoms with Gasteiger partial charge in [-0.05, 0) is 42.8 Å². The molecule has 2 aromatic carbocycles. The molecule has 1 aliphatic heterocycles. The van der Waals surface area contributed by atoms with Crippen molar-refractivity contribution in [1.29, 1.82) is 0 Å². The van der Waals surface area contributed by atoms with Crippen LogP contribution in [0.3, 0.4) is 0 Å². The molecule has 0 aliphatic carbocycles. The molecule has 0 aromatic heterocycles. The van der Waals surface area contributed by atoms with Gasteiger partial charge >= 0.3 is 18.0 Å². The number of amides is 2. The second-order valence-electron chi connectivity index (χ2n) is 6.50. The Labute approximate surface area is 178 Å². The molecule has 0 fully saturated rings. The highest BCUT2D eigenvalue weighted by Crippen LogP contribution is 2.29. The second kappa shape index (κ2) is 9.75. The van der Waals surface area contributed by atoms with Gasteiger partial charge in [0.15, 0.2) is 0 Å². The summed E-state index contributed by atoms with van der Waals surface area (Å²) in [6.45, 7) is 1.35. The molecule has 9 heteroatoms. The Bertz CT molecular complexity index is 1020. The van der Waals surface area contributed by atoms with E-state index in [-0.39, 0.29) is 23.4 Å². The van der Waals surface area contributed by atoms with Gasteiger partial charge in [-0.25, -0.2) is 18.8 Å². The zero-order chi connectivity index (χ0) is 22.4. The SMILES string of the molecule is CCOC(=O)C1=C(COC(=O)c2cccc(F)c2)NC(=O)NC1c1ccc(OC)cc1. The van der Waals surface area contributed by atoms with Crippen molar-refractivity contribution in [3.63, 3.8) is 0 Å². The predicted molar refractivity (Wildman–Crippen MR) is 108 cm³/mol. The van der Waals surface area contributed by atoms with E-state index in [0.29, 0.717) is 11.3 Å². The molecule has 31 heavy (non-hydrogen) atoms. The van der Waals surface area contributed by atoms with Crippen molar-refractivity contribution in [1.82, 2.24) is 10.6 Å². The van der Waals surface area contributed by atoms with Gasteiger partial charge in [-0.1, -0.05) is 18.2 Å². The number of halogens is 1. The molecular formula is C22H21FN2O6. The van der Waals surface area contributed by atoms with Crippen molar-refractivity contribution in [2.24, 2.45) is 0 Å². The molecule has 2 amide bonds. The topological polar surface area (TPSA) is 103 Å². The van der Waals surface area contributed by atoms with Crippen LogP contribution in [0.15, 0.2) is 59.8 Å². The molecule has 162 valence electrons. The van der Waals surface area contributed by atoms with Crippen LogP contribution in [0.4, 0.5) is 9.18 Å². The van der Waals surface area contributed by atoms with Crippen molar-refractivity contribution in [3.05, 3.63) is 76.7 Å². The standard InChI is InChI=1S/C22H21FN2O6/c1-3-30-21(27)18-17(12-31-20(26)14-5-4-6-15(23)11-14)24-22(28)25-19(18)13-7-9-16(29-2)10-8-13/h4-11,19H,3,12H2,1-2H3,(H2,24,25,28). The minimum atomic E-state index is -0.832. The summed E-state index contributed by atoms with van der Waals surface area (Å²) in [6.07, 6.45) is 0. The highest BCUT2D eigenvalue weighted by atomic mass is 19.1. The van der Waals surface area contributed by atoms with Gasteiger partial charge in [-0.2, -0.15) is 0 Å². The normalized spacial score (nSPS) is 15.6. The molecule has 1 unspecified atom stereocenters. The number of ether oxygens (including phenoxy) is 3. The van der Waals surface area contributed by atoms with E-state index in [1.807, 2.05) is 0 Å². The van der Waals surface area contributed by atoms with E-state index in [9.17, 15) is 18.8 Å². The zero-order valence-corrected chi connectivity index (χ0v) is 16.9. The highest BCUT2D eigenvalue weighted by Gasteiger charge is 2.34. The van der Waals surface area contributed by atoms with Crippen LogP contribution in [0, 0.1) is 5.82 Å². The maximum atomic E-state index is 13.4. The average molecular weight is 428 g/mol. The van der Waals surface area contributed by atoms with E-state index in [2.05, 4.69) is 10.6 Å². The third kappa shape index (κ3) is 5.19. The van der Waals surface area contributed by atoms with Gasteiger partial charge in [0.05, 0.1) is 36.6 Å². The van der Waals surface area contributed by atoms with Crippen LogP contribution < -0.4 is 15.4 Å². The molecule has 0 saturated carbocycles. The van der Waals surface area contributed by atoms with Crippen molar-refractivity contribution in [2.75, 3.05) is 20.3 Å². The summed E-state index contributed by atoms with van der Waals surface area (Å²) in [5.41, 5.74) is 0.782. The number of methoxy groups -OCH3 is 1. The number of esters is 2. The monoisotopic (exact) mass is 428 g/mol. The molecule has 1 atom stereocenters. The van der Waals surface area contributed by atoms with Crippen LogP contribution in [-0.2, 0) is 14.3 Å². The van der Waals surface area contributed by atoms with Gasteiger partial charge < -0.3 is 24.8 Å². The zero-order valence-electron chi connectivity index (χ0n) is 16.9. The smallest absolute Gasteiger partial charge is 0.338 e. The van der Waals surface area contributed by atoms with Gasteiger partial charge in [-0.3, -0.25) is 0 Å². The van der Waals surface area contributed by atoms with Crippen molar-refractivity contribution >= 4 is 18.0 Å². The lowest BCUT2D eigenvalue weighted by Crippen LogP contribution is -2.47. The van der Waals surface area contributed by atoms with Crippen LogP contribution in [-0.4, -0.2) is 38.3 Å². The lowest BCUT2D eigenvalue weighted by molar-refractivity contribution is -0.139. The van der Waals surface area contributed by atoms with Crippen molar-refractivity contribution in [3.8, 4) is 5.75 Å². The van der Waals surface area contributed by atoms with Crippen LogP contribution in [0.2, 0.25) is 0 Å². The molecule has 0 radical (unpaired) electrons. The third-order valence-electron chi connectivity index (χ3n) is 4.51. The summed E-state index contributed by atoms with van der Waals surface area (Å²) in [6, 6.07) is 10.4. The summed E-state index contributed by atoms with van der Waals surface area (Å²) in [7, 11) is 1.52. The van der Waals surface area contributed by atoms with E-state index in [1.54, 1.807) is 31.2 Å². The first kappa shape index (κ1) is 21.8. The summed E-state index contributed by atoms with van der Waals surface area (Å²) in [5, 5.41) is 5.18. The molecule has 0 saturated heterocycles. The fraction of sp³-hybridized carbons (Fsp3) is 0.227. The van der Waals surface area contributed by atoms with Gasteiger partial charge in [0.1, 0.15) is 18.2 Å². The Morgan fingerprint density at radius 2 is 1.81 bits per heavy atom. The van der Waals surface area contributed by atoms with Gasteiger partial charge in [0, 0.05) is 0 Å². The number of rotatable bonds is 7. The first-order chi connectivity index (χ1) is 14.9. The van der Waals surface area contributed by atoms with Gasteiger partial charge in [0.25, 0.3) is 0 Å². The maximum absolute atomic E-state index is 13.4. The largest absolute Gasteiger partial charge is 0.497 e. The minimum Gasteiger partial charge on any atom is -0.497 e. The Morgan fingerprint density at radius 1 is 1.06 bits per heavy atom. The number of hydrogen-bond donors (Lipinski definition) is 2. The van der Waals surface area contributed by atoms with Crippen molar-refractivity contribution < 1.29 is 33.0 Å². The third-order valence-corrected chi connectivity index (χ3v) is 4.51. The van der Waals surface area contributed by atoms with Crippen LogP contribution in [0.5, 0.6) is 5.75 Å². The molecule has 0 spiro atoms. The molecular weight excluding hydrogens is 407 g/mol. The Balaban J connectivity index is 1.92. The minimum absolute atomic E-state index is 0.00486. The highest BCUT2D eigenvalue weighted by molar-refractivity contribution is 5.95. The van der Waals surface area contributed by atoms with Crippen LogP contribution in [0.1, 0.15) is 28.9 Å². The molecule has 3 rings (SSSR count). The lowest BCUT2D eigenvalue weighted by atomic mass is 9.95. The number of urea groups is 1. The molecule has 2 N–H and O–H groups in total. The molecule has 1 aliphatic rings. The van der Waals surface area contributed by atoms with E-state index < -0.39 is 36.4 Å². The van der Waals surface area contributed by atoms with Crippen molar-refractivity contribution in [2.45, 2.75) is 13.0 Å².